The number of nitro groups is 1. The number of nitrogens with one attached hydrogen (secondary N) is 3. The van der Waals surface area contributed by atoms with Gasteiger partial charge in [-0.15, -0.1) is 0 Å². The summed E-state index contributed by atoms with van der Waals surface area (Å²) in [6, 6.07) is 12.4. The fourth-order valence-corrected chi connectivity index (χ4v) is 2.16. The first-order valence-electron chi connectivity index (χ1n) is 7.09. The molecule has 0 atom stereocenters. The number of anilines is 4. The first kappa shape index (κ1) is 16.4. The highest BCUT2D eigenvalue weighted by molar-refractivity contribution is 6.32. The zero-order chi connectivity index (χ0) is 17.6. The van der Waals surface area contributed by atoms with Gasteiger partial charge in [-0.3, -0.25) is 21.0 Å². The number of aromatic nitrogens is 3. The monoisotopic (exact) mass is 357 g/mol. The van der Waals surface area contributed by atoms with Crippen LogP contribution in [0, 0.1) is 10.1 Å². The largest absolute Gasteiger partial charge is 0.355 e. The second kappa shape index (κ2) is 7.41. The van der Waals surface area contributed by atoms with Gasteiger partial charge in [-0.05, 0) is 24.3 Å². The van der Waals surface area contributed by atoms with Gasteiger partial charge in [0, 0.05) is 6.20 Å². The predicted molar refractivity (Wildman–Crippen MR) is 94.9 cm³/mol. The van der Waals surface area contributed by atoms with Crippen LogP contribution >= 0.6 is 11.6 Å². The highest BCUT2D eigenvalue weighted by atomic mass is 35.5. The molecule has 0 aliphatic rings. The number of halogens is 1. The number of hydrogen-bond donors (Lipinski definition) is 3. The molecule has 1 aromatic carbocycles. The van der Waals surface area contributed by atoms with Crippen LogP contribution in [0.4, 0.5) is 28.7 Å². The molecule has 3 rings (SSSR count). The summed E-state index contributed by atoms with van der Waals surface area (Å²) < 4.78 is 0. The molecule has 0 bridgehead atoms. The van der Waals surface area contributed by atoms with Crippen LogP contribution in [0.5, 0.6) is 0 Å². The SMILES string of the molecule is O=[N+]([O-])c1c(NNc2ccccc2)ncnc1Nc1cccnc1Cl. The smallest absolute Gasteiger partial charge is 0.332 e. The van der Waals surface area contributed by atoms with E-state index >= 15 is 0 Å². The molecule has 0 saturated heterocycles. The molecular weight excluding hydrogens is 346 g/mol. The lowest BCUT2D eigenvalue weighted by Gasteiger charge is -2.11. The van der Waals surface area contributed by atoms with Crippen LogP contribution in [-0.4, -0.2) is 19.9 Å². The highest BCUT2D eigenvalue weighted by Crippen LogP contribution is 2.32. The van der Waals surface area contributed by atoms with Crippen molar-refractivity contribution in [3.63, 3.8) is 0 Å². The van der Waals surface area contributed by atoms with E-state index in [0.717, 1.165) is 5.69 Å². The van der Waals surface area contributed by atoms with E-state index in [4.69, 9.17) is 11.6 Å². The number of hydrogen-bond acceptors (Lipinski definition) is 8. The van der Waals surface area contributed by atoms with Crippen LogP contribution in [0.25, 0.3) is 0 Å². The zero-order valence-electron chi connectivity index (χ0n) is 12.7. The molecule has 10 heteroatoms. The van der Waals surface area contributed by atoms with Crippen LogP contribution in [-0.2, 0) is 0 Å². The van der Waals surface area contributed by atoms with Gasteiger partial charge in [-0.2, -0.15) is 0 Å². The van der Waals surface area contributed by atoms with E-state index < -0.39 is 4.92 Å². The summed E-state index contributed by atoms with van der Waals surface area (Å²) in [6.45, 7) is 0. The Morgan fingerprint density at radius 3 is 2.44 bits per heavy atom. The molecule has 0 radical (unpaired) electrons. The third-order valence-electron chi connectivity index (χ3n) is 3.12. The van der Waals surface area contributed by atoms with Gasteiger partial charge in [0.05, 0.1) is 16.3 Å². The standard InChI is InChI=1S/C15H12ClN7O2/c16-13-11(7-4-8-17-13)20-14-12(23(24)25)15(19-9-18-14)22-21-10-5-2-1-3-6-10/h1-9,21H,(H2,18,19,20,22). The fraction of sp³-hybridized carbons (Fsp3) is 0. The minimum Gasteiger partial charge on any atom is -0.332 e. The van der Waals surface area contributed by atoms with Crippen molar-refractivity contribution in [1.82, 2.24) is 15.0 Å². The molecule has 0 unspecified atom stereocenters. The minimum absolute atomic E-state index is 0.00589. The maximum Gasteiger partial charge on any atom is 0.355 e. The Bertz CT molecular complexity index is 892. The van der Waals surface area contributed by atoms with Gasteiger partial charge >= 0.3 is 5.69 Å². The summed E-state index contributed by atoms with van der Waals surface area (Å²) in [5, 5.41) is 14.5. The molecule has 9 nitrogen and oxygen atoms in total. The molecule has 126 valence electrons. The fourth-order valence-electron chi connectivity index (χ4n) is 1.99. The van der Waals surface area contributed by atoms with E-state index in [1.165, 1.54) is 12.5 Å². The third kappa shape index (κ3) is 3.90. The maximum atomic E-state index is 11.5. The Kier molecular flexibility index (Phi) is 4.86. The van der Waals surface area contributed by atoms with Crippen LogP contribution in [0.15, 0.2) is 55.0 Å². The van der Waals surface area contributed by atoms with E-state index in [2.05, 4.69) is 31.1 Å². The topological polar surface area (TPSA) is 118 Å². The summed E-state index contributed by atoms with van der Waals surface area (Å²) in [7, 11) is 0. The molecule has 3 aromatic rings. The molecule has 25 heavy (non-hydrogen) atoms. The maximum absolute atomic E-state index is 11.5. The summed E-state index contributed by atoms with van der Waals surface area (Å²) in [4.78, 5) is 22.7. The van der Waals surface area contributed by atoms with Gasteiger partial charge in [0.1, 0.15) is 6.33 Å². The van der Waals surface area contributed by atoms with Crippen molar-refractivity contribution in [3.05, 3.63) is 70.3 Å². The van der Waals surface area contributed by atoms with Crippen molar-refractivity contribution < 1.29 is 4.92 Å². The lowest BCUT2D eigenvalue weighted by atomic mass is 10.3. The molecule has 2 aromatic heterocycles. The number of rotatable bonds is 6. The van der Waals surface area contributed by atoms with Crippen molar-refractivity contribution in [2.45, 2.75) is 0 Å². The molecule has 2 heterocycles. The van der Waals surface area contributed by atoms with Gasteiger partial charge < -0.3 is 5.32 Å². The van der Waals surface area contributed by atoms with Gasteiger partial charge in [-0.25, -0.2) is 15.0 Å². The molecule has 0 aliphatic heterocycles. The van der Waals surface area contributed by atoms with Crippen molar-refractivity contribution in [2.75, 3.05) is 16.2 Å². The van der Waals surface area contributed by atoms with E-state index in [1.807, 2.05) is 18.2 Å². The minimum atomic E-state index is -0.582. The second-order valence-electron chi connectivity index (χ2n) is 4.76. The summed E-state index contributed by atoms with van der Waals surface area (Å²) in [5.74, 6) is -0.00127. The predicted octanol–water partition coefficient (Wildman–Crippen LogP) is 3.62. The van der Waals surface area contributed by atoms with Gasteiger partial charge in [0.25, 0.3) is 0 Å². The van der Waals surface area contributed by atoms with Crippen LogP contribution in [0.1, 0.15) is 0 Å². The van der Waals surface area contributed by atoms with Gasteiger partial charge in [0.2, 0.25) is 11.6 Å². The highest BCUT2D eigenvalue weighted by Gasteiger charge is 2.23. The first-order chi connectivity index (χ1) is 12.1. The van der Waals surface area contributed by atoms with E-state index in [0.29, 0.717) is 5.69 Å². The third-order valence-corrected chi connectivity index (χ3v) is 3.42. The molecule has 0 saturated carbocycles. The Balaban J connectivity index is 1.89. The van der Waals surface area contributed by atoms with Gasteiger partial charge in [0.15, 0.2) is 5.15 Å². The second-order valence-corrected chi connectivity index (χ2v) is 5.12. The Labute approximate surface area is 147 Å². The Morgan fingerprint density at radius 1 is 0.960 bits per heavy atom. The number of benzene rings is 1. The average Bonchev–Trinajstić information content (AvgIpc) is 2.62. The summed E-state index contributed by atoms with van der Waals surface area (Å²) in [6.07, 6.45) is 2.72. The molecule has 0 fully saturated rings. The summed E-state index contributed by atoms with van der Waals surface area (Å²) >= 11 is 5.97. The van der Waals surface area contributed by atoms with Crippen molar-refractivity contribution >= 4 is 40.3 Å². The average molecular weight is 358 g/mol. The number of hydrazine groups is 1. The van der Waals surface area contributed by atoms with Crippen molar-refractivity contribution in [2.24, 2.45) is 0 Å². The zero-order valence-corrected chi connectivity index (χ0v) is 13.4. The van der Waals surface area contributed by atoms with Crippen molar-refractivity contribution in [3.8, 4) is 0 Å². The van der Waals surface area contributed by atoms with Gasteiger partial charge in [-0.1, -0.05) is 29.8 Å². The van der Waals surface area contributed by atoms with Crippen molar-refractivity contribution in [1.29, 1.82) is 0 Å². The normalized spacial score (nSPS) is 10.1. The molecule has 0 aliphatic carbocycles. The van der Waals surface area contributed by atoms with E-state index in [1.54, 1.807) is 24.3 Å². The Morgan fingerprint density at radius 2 is 1.72 bits per heavy atom. The number of nitrogens with zero attached hydrogens (tertiary/aromatic N) is 4. The molecule has 3 N–H and O–H groups in total. The summed E-state index contributed by atoms with van der Waals surface area (Å²) in [5.41, 5.74) is 6.36. The van der Waals surface area contributed by atoms with Crippen LogP contribution < -0.4 is 16.2 Å². The number of pyridine rings is 1. The van der Waals surface area contributed by atoms with Crippen LogP contribution in [0.3, 0.4) is 0 Å². The van der Waals surface area contributed by atoms with Crippen LogP contribution in [0.2, 0.25) is 5.15 Å². The lowest BCUT2D eigenvalue weighted by molar-refractivity contribution is -0.383. The number of para-hydroxylation sites is 1. The molecular formula is C15H12ClN7O2. The lowest BCUT2D eigenvalue weighted by Crippen LogP contribution is -2.13. The quantitative estimate of drug-likeness (QED) is 0.348. The van der Waals surface area contributed by atoms with E-state index in [-0.39, 0.29) is 22.5 Å². The first-order valence-corrected chi connectivity index (χ1v) is 7.47. The van der Waals surface area contributed by atoms with E-state index in [9.17, 15) is 10.1 Å². The Hall–Kier alpha value is -3.46. The molecule has 0 spiro atoms. The molecule has 0 amide bonds.